The highest BCUT2D eigenvalue weighted by Crippen LogP contribution is 2.45. The number of hydrogen-bond acceptors (Lipinski definition) is 3. The third-order valence-corrected chi connectivity index (χ3v) is 10.8. The van der Waals surface area contributed by atoms with Gasteiger partial charge in [0.2, 0.25) is 0 Å². The maximum absolute atomic E-state index is 6.86. The van der Waals surface area contributed by atoms with Crippen molar-refractivity contribution < 1.29 is 4.74 Å². The first kappa shape index (κ1) is 34.8. The van der Waals surface area contributed by atoms with Crippen LogP contribution in [-0.2, 0) is 10.8 Å². The average Bonchev–Trinajstić information content (AvgIpc) is 3.59. The molecule has 3 heterocycles. The van der Waals surface area contributed by atoms with Crippen molar-refractivity contribution in [3.63, 3.8) is 0 Å². The molecule has 51 heavy (non-hydrogen) atoms. The molecule has 1 aliphatic carbocycles. The van der Waals surface area contributed by atoms with E-state index in [-0.39, 0.29) is 10.8 Å². The average molecular weight is 679 g/mol. The summed E-state index contributed by atoms with van der Waals surface area (Å²) in [4.78, 5) is 4.85. The second kappa shape index (κ2) is 12.8. The van der Waals surface area contributed by atoms with Crippen LogP contribution in [0.25, 0.3) is 33.3 Å². The van der Waals surface area contributed by atoms with Crippen LogP contribution in [0.5, 0.6) is 11.5 Å². The number of fused-ring (bicyclic) bond motifs is 3. The summed E-state index contributed by atoms with van der Waals surface area (Å²) < 4.78 is 11.4. The van der Waals surface area contributed by atoms with Crippen LogP contribution in [0, 0.1) is 12.8 Å². The van der Waals surface area contributed by atoms with Crippen LogP contribution in [0.2, 0.25) is 0 Å². The maximum Gasteiger partial charge on any atom is 0.137 e. The number of benzene rings is 3. The lowest BCUT2D eigenvalue weighted by Gasteiger charge is -2.32. The van der Waals surface area contributed by atoms with Gasteiger partial charge in [-0.05, 0) is 97.5 Å². The molecule has 3 aromatic carbocycles. The molecule has 0 amide bonds. The Labute approximate surface area is 304 Å². The number of allylic oxidation sites excluding steroid dienone is 2. The van der Waals surface area contributed by atoms with Gasteiger partial charge in [0.05, 0.1) is 28.1 Å². The molecule has 5 nitrogen and oxygen atoms in total. The fraction of sp³-hybridized carbons (Fsp3) is 0.391. The van der Waals surface area contributed by atoms with Crippen molar-refractivity contribution in [1.82, 2.24) is 19.3 Å². The highest BCUT2D eigenvalue weighted by atomic mass is 16.5. The molecule has 2 atom stereocenters. The zero-order valence-electron chi connectivity index (χ0n) is 32.4. The highest BCUT2D eigenvalue weighted by Gasteiger charge is 2.35. The molecule has 1 unspecified atom stereocenters. The molecule has 0 bridgehead atoms. The fourth-order valence-corrected chi connectivity index (χ4v) is 8.16. The lowest BCUT2D eigenvalue weighted by Crippen LogP contribution is -2.24. The molecule has 0 N–H and O–H groups in total. The molecule has 7 rings (SSSR count). The van der Waals surface area contributed by atoms with E-state index in [1.54, 1.807) is 0 Å². The Morgan fingerprint density at radius 1 is 0.804 bits per heavy atom. The van der Waals surface area contributed by atoms with Gasteiger partial charge in [0.25, 0.3) is 0 Å². The number of hydrogen-bond donors (Lipinski definition) is 0. The normalized spacial score (nSPS) is 17.1. The van der Waals surface area contributed by atoms with Gasteiger partial charge in [-0.25, -0.2) is 9.67 Å². The molecule has 0 saturated heterocycles. The molecule has 1 aliphatic rings. The molecule has 0 aliphatic heterocycles. The van der Waals surface area contributed by atoms with Crippen LogP contribution in [0.1, 0.15) is 122 Å². The van der Waals surface area contributed by atoms with Crippen molar-refractivity contribution in [2.24, 2.45) is 5.92 Å². The highest BCUT2D eigenvalue weighted by molar-refractivity contribution is 6.09. The van der Waals surface area contributed by atoms with E-state index >= 15 is 0 Å². The van der Waals surface area contributed by atoms with Gasteiger partial charge in [-0.2, -0.15) is 5.10 Å². The minimum atomic E-state index is -0.119. The predicted octanol–water partition coefficient (Wildman–Crippen LogP) is 12.6. The standard InChI is InChI=1S/C46H54N4O/c1-28(2)32-21-22-47-41(23-32)49-39-18-13-12-17-37(39)38-20-19-35(27-40(38)49)51-36-25-33(45(6,7)8)24-34(26-36)50-44(46(9,10)11)43(31(5)48-50)42-29(3)15-14-16-30(42)4/h12-13,15,17-28,30,42H,14,16H2,1-11H3/t30-,42?/m0/s1. The molecule has 0 fully saturated rings. The van der Waals surface area contributed by atoms with Crippen molar-refractivity contribution in [1.29, 1.82) is 0 Å². The van der Waals surface area contributed by atoms with E-state index in [2.05, 4.69) is 164 Å². The van der Waals surface area contributed by atoms with Crippen LogP contribution in [-0.4, -0.2) is 19.3 Å². The molecule has 264 valence electrons. The molecule has 0 spiro atoms. The van der Waals surface area contributed by atoms with Gasteiger partial charge in [0.15, 0.2) is 0 Å². The van der Waals surface area contributed by atoms with Crippen molar-refractivity contribution in [2.45, 2.75) is 112 Å². The SMILES string of the molecule is CC1=CCC[C@H](C)C1c1c(C)nn(-c2cc(Oc3ccc4c5ccccc5n(-c5cc(C(C)C)ccn5)c4c3)cc(C(C)(C)C)c2)c1C(C)(C)C. The van der Waals surface area contributed by atoms with Crippen LogP contribution in [0.15, 0.2) is 90.6 Å². The fourth-order valence-electron chi connectivity index (χ4n) is 8.16. The van der Waals surface area contributed by atoms with Crippen molar-refractivity contribution >= 4 is 21.8 Å². The summed E-state index contributed by atoms with van der Waals surface area (Å²) in [6, 6.07) is 26.0. The summed E-state index contributed by atoms with van der Waals surface area (Å²) in [5, 5.41) is 7.69. The summed E-state index contributed by atoms with van der Waals surface area (Å²) in [5.41, 5.74) is 10.7. The van der Waals surface area contributed by atoms with Crippen molar-refractivity contribution in [3.05, 3.63) is 119 Å². The number of aryl methyl sites for hydroxylation is 1. The van der Waals surface area contributed by atoms with E-state index < -0.39 is 0 Å². The first-order valence-electron chi connectivity index (χ1n) is 18.7. The topological polar surface area (TPSA) is 44.9 Å². The minimum absolute atomic E-state index is 0.0955. The van der Waals surface area contributed by atoms with Gasteiger partial charge < -0.3 is 4.74 Å². The zero-order valence-corrected chi connectivity index (χ0v) is 32.4. The number of pyridine rings is 1. The number of nitrogens with zero attached hydrogens (tertiary/aromatic N) is 4. The third-order valence-electron chi connectivity index (χ3n) is 10.8. The van der Waals surface area contributed by atoms with E-state index in [0.29, 0.717) is 17.8 Å². The quantitative estimate of drug-likeness (QED) is 0.165. The smallest absolute Gasteiger partial charge is 0.137 e. The van der Waals surface area contributed by atoms with E-state index in [1.807, 2.05) is 6.20 Å². The van der Waals surface area contributed by atoms with Crippen molar-refractivity contribution in [3.8, 4) is 23.0 Å². The van der Waals surface area contributed by atoms with Gasteiger partial charge >= 0.3 is 0 Å². The van der Waals surface area contributed by atoms with E-state index in [0.717, 1.165) is 46.2 Å². The van der Waals surface area contributed by atoms with E-state index in [1.165, 1.54) is 45.2 Å². The van der Waals surface area contributed by atoms with Gasteiger partial charge in [-0.15, -0.1) is 0 Å². The number of rotatable bonds is 6. The third kappa shape index (κ3) is 6.41. The molecule has 3 aromatic heterocycles. The Morgan fingerprint density at radius 2 is 1.55 bits per heavy atom. The number of para-hydroxylation sites is 1. The Kier molecular flexibility index (Phi) is 8.76. The van der Waals surface area contributed by atoms with Crippen molar-refractivity contribution in [2.75, 3.05) is 0 Å². The Balaban J connectivity index is 1.38. The van der Waals surface area contributed by atoms with E-state index in [9.17, 15) is 0 Å². The summed E-state index contributed by atoms with van der Waals surface area (Å²) in [7, 11) is 0. The molecule has 6 aromatic rings. The molecule has 5 heteroatoms. The first-order chi connectivity index (χ1) is 24.1. The summed E-state index contributed by atoms with van der Waals surface area (Å²) >= 11 is 0. The summed E-state index contributed by atoms with van der Waals surface area (Å²) in [6.07, 6.45) is 6.72. The van der Waals surface area contributed by atoms with Crippen LogP contribution >= 0.6 is 0 Å². The molecule has 0 radical (unpaired) electrons. The molecular formula is C46H54N4O. The lowest BCUT2D eigenvalue weighted by molar-refractivity contribution is 0.437. The van der Waals surface area contributed by atoms with E-state index in [4.69, 9.17) is 14.8 Å². The monoisotopic (exact) mass is 678 g/mol. The predicted molar refractivity (Wildman–Crippen MR) is 213 cm³/mol. The zero-order chi connectivity index (χ0) is 36.4. The van der Waals surface area contributed by atoms with Crippen LogP contribution in [0.4, 0.5) is 0 Å². The Hall–Kier alpha value is -4.64. The second-order valence-corrected chi connectivity index (χ2v) is 17.2. The second-order valence-electron chi connectivity index (χ2n) is 17.2. The van der Waals surface area contributed by atoms with Gasteiger partial charge in [0, 0.05) is 46.0 Å². The Morgan fingerprint density at radius 3 is 2.25 bits per heavy atom. The maximum atomic E-state index is 6.86. The van der Waals surface area contributed by atoms with Gasteiger partial charge in [-0.1, -0.05) is 92.2 Å². The number of aromatic nitrogens is 4. The van der Waals surface area contributed by atoms with Crippen LogP contribution in [0.3, 0.4) is 0 Å². The molecule has 0 saturated carbocycles. The summed E-state index contributed by atoms with van der Waals surface area (Å²) in [5.74, 6) is 3.85. The lowest BCUT2D eigenvalue weighted by atomic mass is 9.72. The van der Waals surface area contributed by atoms with Gasteiger partial charge in [0.1, 0.15) is 17.3 Å². The minimum Gasteiger partial charge on any atom is -0.457 e. The van der Waals surface area contributed by atoms with Gasteiger partial charge in [-0.3, -0.25) is 4.57 Å². The molecular weight excluding hydrogens is 625 g/mol. The Bertz CT molecular complexity index is 2280. The summed E-state index contributed by atoms with van der Waals surface area (Å²) in [6.45, 7) is 25.1. The largest absolute Gasteiger partial charge is 0.457 e. The number of ether oxygens (including phenoxy) is 1. The first-order valence-corrected chi connectivity index (χ1v) is 18.7. The van der Waals surface area contributed by atoms with Crippen LogP contribution < -0.4 is 4.74 Å².